The maximum absolute atomic E-state index is 12.1. The molecule has 0 fully saturated rings. The molecule has 0 aromatic rings. The van der Waals surface area contributed by atoms with Crippen LogP contribution in [-0.2, 0) is 19.1 Å². The molecule has 4 nitrogen and oxygen atoms in total. The van der Waals surface area contributed by atoms with Crippen molar-refractivity contribution in [3.63, 3.8) is 0 Å². The second-order valence-corrected chi connectivity index (χ2v) is 6.85. The highest BCUT2D eigenvalue weighted by Crippen LogP contribution is 2.15. The zero-order valence-corrected chi connectivity index (χ0v) is 17.0. The van der Waals surface area contributed by atoms with Gasteiger partial charge in [0.05, 0.1) is 6.61 Å². The van der Waals surface area contributed by atoms with Gasteiger partial charge in [-0.3, -0.25) is 9.59 Å². The molecule has 0 bridgehead atoms. The van der Waals surface area contributed by atoms with Crippen molar-refractivity contribution in [3.05, 3.63) is 34.9 Å². The summed E-state index contributed by atoms with van der Waals surface area (Å²) in [7, 11) is 0. The fraction of sp³-hybridized carbons (Fsp3) is 0.591. The molecule has 0 spiro atoms. The smallest absolute Gasteiger partial charge is 0.333 e. The first kappa shape index (κ1) is 24.0. The molecule has 0 saturated heterocycles. The van der Waals surface area contributed by atoms with E-state index in [2.05, 4.69) is 13.0 Å². The molecule has 0 aromatic carbocycles. The van der Waals surface area contributed by atoms with Gasteiger partial charge in [-0.15, -0.1) is 0 Å². The number of ketones is 1. The van der Waals surface area contributed by atoms with Crippen molar-refractivity contribution in [1.29, 1.82) is 0 Å². The van der Waals surface area contributed by atoms with Gasteiger partial charge in [0.2, 0.25) is 0 Å². The molecule has 0 heterocycles. The molecule has 0 aromatic heterocycles. The Kier molecular flexibility index (Phi) is 13.1. The second kappa shape index (κ2) is 14.2. The molecule has 0 N–H and O–H groups in total. The number of rotatable bonds is 13. The molecule has 0 amide bonds. The largest absolute Gasteiger partial charge is 0.463 e. The first-order valence-corrected chi connectivity index (χ1v) is 9.47. The van der Waals surface area contributed by atoms with Crippen molar-refractivity contribution in [3.8, 4) is 0 Å². The van der Waals surface area contributed by atoms with E-state index in [0.29, 0.717) is 25.0 Å². The van der Waals surface area contributed by atoms with Crippen LogP contribution in [0.15, 0.2) is 34.9 Å². The van der Waals surface area contributed by atoms with Crippen molar-refractivity contribution in [2.45, 2.75) is 73.1 Å². The second-order valence-electron chi connectivity index (χ2n) is 6.85. The van der Waals surface area contributed by atoms with E-state index in [-0.39, 0.29) is 17.7 Å². The number of ether oxygens (including phenoxy) is 1. The third-order valence-corrected chi connectivity index (χ3v) is 4.14. The molecule has 0 aliphatic carbocycles. The summed E-state index contributed by atoms with van der Waals surface area (Å²) in [6, 6.07) is 0. The van der Waals surface area contributed by atoms with Crippen molar-refractivity contribution in [2.24, 2.45) is 5.92 Å². The van der Waals surface area contributed by atoms with Crippen LogP contribution < -0.4 is 0 Å². The Labute approximate surface area is 158 Å². The minimum absolute atomic E-state index is 0.0136. The first-order chi connectivity index (χ1) is 12.3. The Balaban J connectivity index is 4.63. The summed E-state index contributed by atoms with van der Waals surface area (Å²) in [5, 5.41) is 0. The Hall–Kier alpha value is -1.97. The first-order valence-electron chi connectivity index (χ1n) is 9.47. The van der Waals surface area contributed by atoms with Gasteiger partial charge in [0.15, 0.2) is 0 Å². The maximum Gasteiger partial charge on any atom is 0.333 e. The number of carbonyl (C=O) groups is 3. The van der Waals surface area contributed by atoms with E-state index in [1.807, 2.05) is 26.8 Å². The number of carbonyl (C=O) groups excluding carboxylic acids is 3. The van der Waals surface area contributed by atoms with Gasteiger partial charge in [-0.2, -0.15) is 0 Å². The van der Waals surface area contributed by atoms with E-state index in [0.717, 1.165) is 37.5 Å². The molecule has 0 rings (SSSR count). The Morgan fingerprint density at radius 2 is 1.54 bits per heavy atom. The molecule has 0 aliphatic rings. The van der Waals surface area contributed by atoms with Gasteiger partial charge >= 0.3 is 5.97 Å². The van der Waals surface area contributed by atoms with E-state index >= 15 is 0 Å². The van der Waals surface area contributed by atoms with Crippen LogP contribution in [0.3, 0.4) is 0 Å². The van der Waals surface area contributed by atoms with Gasteiger partial charge in [-0.25, -0.2) is 4.79 Å². The zero-order valence-electron chi connectivity index (χ0n) is 17.0. The summed E-state index contributed by atoms with van der Waals surface area (Å²) in [4.78, 5) is 34.3. The fourth-order valence-electron chi connectivity index (χ4n) is 2.38. The molecule has 0 saturated carbocycles. The van der Waals surface area contributed by atoms with Crippen LogP contribution in [0.2, 0.25) is 0 Å². The fourth-order valence-corrected chi connectivity index (χ4v) is 2.38. The van der Waals surface area contributed by atoms with E-state index in [1.165, 1.54) is 5.57 Å². The molecular formula is C22H34O4. The quantitative estimate of drug-likeness (QED) is 0.197. The molecule has 26 heavy (non-hydrogen) atoms. The van der Waals surface area contributed by atoms with Gasteiger partial charge in [0, 0.05) is 17.9 Å². The van der Waals surface area contributed by atoms with Crippen molar-refractivity contribution >= 4 is 18.0 Å². The lowest BCUT2D eigenvalue weighted by Gasteiger charge is -2.08. The Bertz CT molecular complexity index is 550. The monoisotopic (exact) mass is 362 g/mol. The zero-order chi connectivity index (χ0) is 19.9. The maximum atomic E-state index is 12.1. The van der Waals surface area contributed by atoms with Gasteiger partial charge < -0.3 is 4.74 Å². The van der Waals surface area contributed by atoms with Crippen LogP contribution in [0.25, 0.3) is 0 Å². The van der Waals surface area contributed by atoms with Crippen molar-refractivity contribution in [1.82, 2.24) is 0 Å². The lowest BCUT2D eigenvalue weighted by Crippen LogP contribution is -2.12. The van der Waals surface area contributed by atoms with Gasteiger partial charge in [-0.1, -0.05) is 37.1 Å². The summed E-state index contributed by atoms with van der Waals surface area (Å²) >= 11 is 0. The van der Waals surface area contributed by atoms with Crippen LogP contribution in [0.4, 0.5) is 0 Å². The van der Waals surface area contributed by atoms with Crippen LogP contribution in [0.1, 0.15) is 73.1 Å². The summed E-state index contributed by atoms with van der Waals surface area (Å²) in [5.74, 6) is -0.171. The molecule has 0 aliphatic heterocycles. The van der Waals surface area contributed by atoms with Gasteiger partial charge in [0.25, 0.3) is 0 Å². The van der Waals surface area contributed by atoms with Crippen LogP contribution >= 0.6 is 0 Å². The number of allylic oxidation sites excluding steroid dienone is 5. The van der Waals surface area contributed by atoms with E-state index in [9.17, 15) is 14.4 Å². The number of Topliss-reactive ketones (excluding diaryl/α,β-unsaturated/α-hetero) is 1. The summed E-state index contributed by atoms with van der Waals surface area (Å²) in [6.07, 6.45) is 10.7. The predicted octanol–water partition coefficient (Wildman–Crippen LogP) is 5.13. The van der Waals surface area contributed by atoms with Crippen LogP contribution in [-0.4, -0.2) is 24.6 Å². The number of aldehydes is 1. The average Bonchev–Trinajstić information content (AvgIpc) is 2.57. The topological polar surface area (TPSA) is 60.4 Å². The minimum atomic E-state index is -0.319. The molecule has 0 atom stereocenters. The number of esters is 1. The van der Waals surface area contributed by atoms with Crippen molar-refractivity contribution < 1.29 is 19.1 Å². The van der Waals surface area contributed by atoms with Crippen molar-refractivity contribution in [2.75, 3.05) is 6.61 Å². The molecule has 4 heteroatoms. The molecule has 146 valence electrons. The van der Waals surface area contributed by atoms with E-state index in [1.54, 1.807) is 13.0 Å². The van der Waals surface area contributed by atoms with Crippen LogP contribution in [0, 0.1) is 5.92 Å². The average molecular weight is 363 g/mol. The lowest BCUT2D eigenvalue weighted by molar-refractivity contribution is -0.138. The third kappa shape index (κ3) is 11.6. The summed E-state index contributed by atoms with van der Waals surface area (Å²) < 4.78 is 5.10. The summed E-state index contributed by atoms with van der Waals surface area (Å²) in [5.41, 5.74) is 2.92. The summed E-state index contributed by atoms with van der Waals surface area (Å²) in [6.45, 7) is 9.87. The van der Waals surface area contributed by atoms with Gasteiger partial charge in [0.1, 0.15) is 12.1 Å². The highest BCUT2D eigenvalue weighted by Gasteiger charge is 2.14. The van der Waals surface area contributed by atoms with Crippen LogP contribution in [0.5, 0.6) is 0 Å². The van der Waals surface area contributed by atoms with E-state index < -0.39 is 0 Å². The molecule has 0 radical (unpaired) electrons. The molecular weight excluding hydrogens is 328 g/mol. The molecule has 0 unspecified atom stereocenters. The highest BCUT2D eigenvalue weighted by atomic mass is 16.5. The highest BCUT2D eigenvalue weighted by molar-refractivity contribution is 5.90. The SMILES string of the molecule is CCOC(=O)/C(=C/CC/C(C)=C/CC/C(C)=C\C=O)CCC(=O)C(C)C. The van der Waals surface area contributed by atoms with Gasteiger partial charge in [-0.05, 0) is 59.0 Å². The lowest BCUT2D eigenvalue weighted by atomic mass is 9.99. The van der Waals surface area contributed by atoms with E-state index in [4.69, 9.17) is 4.74 Å². The normalized spacial score (nSPS) is 13.1. The Morgan fingerprint density at radius 3 is 2.12 bits per heavy atom. The third-order valence-electron chi connectivity index (χ3n) is 4.14. The predicted molar refractivity (Wildman–Crippen MR) is 106 cm³/mol. The standard InChI is InChI=1S/C22H34O4/c1-6-26-22(25)20(13-14-21(24)17(2)3)12-8-11-18(4)9-7-10-19(5)15-16-23/h9,12,15-17H,6-8,10-11,13-14H2,1-5H3/b18-9+,19-15-,20-12+. The number of hydrogen-bond acceptors (Lipinski definition) is 4. The Morgan fingerprint density at radius 1 is 0.923 bits per heavy atom. The minimum Gasteiger partial charge on any atom is -0.463 e. The number of hydrogen-bond donors (Lipinski definition) is 0.